The van der Waals surface area contributed by atoms with E-state index in [0.717, 1.165) is 11.3 Å². The number of carbonyl (C=O) groups is 1. The van der Waals surface area contributed by atoms with Crippen LogP contribution in [-0.2, 0) is 14.8 Å². The van der Waals surface area contributed by atoms with Gasteiger partial charge in [-0.3, -0.25) is 4.79 Å². The van der Waals surface area contributed by atoms with Crippen molar-refractivity contribution in [1.29, 1.82) is 5.26 Å². The summed E-state index contributed by atoms with van der Waals surface area (Å²) in [6.45, 7) is 4.45. The zero-order chi connectivity index (χ0) is 20.1. The Kier molecular flexibility index (Phi) is 6.70. The van der Waals surface area contributed by atoms with E-state index in [4.69, 9.17) is 0 Å². The number of nitriles is 1. The number of carbonyl (C=O) groups excluding carboxylic acids is 1. The fraction of sp³-hybridized carbons (Fsp3) is 0.600. The highest BCUT2D eigenvalue weighted by atomic mass is 32.2. The van der Waals surface area contributed by atoms with Gasteiger partial charge in [-0.15, -0.1) is 0 Å². The van der Waals surface area contributed by atoms with Gasteiger partial charge in [-0.05, 0) is 30.9 Å². The van der Waals surface area contributed by atoms with E-state index in [1.165, 1.54) is 35.7 Å². The Morgan fingerprint density at radius 3 is 2.61 bits per heavy atom. The molecule has 7 nitrogen and oxygen atoms in total. The van der Waals surface area contributed by atoms with Gasteiger partial charge >= 0.3 is 0 Å². The first kappa shape index (κ1) is 20.8. The van der Waals surface area contributed by atoms with Gasteiger partial charge in [0.05, 0.1) is 36.6 Å². The van der Waals surface area contributed by atoms with E-state index >= 15 is 0 Å². The third-order valence-electron chi connectivity index (χ3n) is 5.92. The number of nitrogens with zero attached hydrogens (tertiary/aromatic N) is 2. The molecule has 0 aromatic heterocycles. The van der Waals surface area contributed by atoms with Crippen molar-refractivity contribution in [2.45, 2.75) is 43.5 Å². The van der Waals surface area contributed by atoms with Gasteiger partial charge in [-0.25, -0.2) is 8.42 Å². The molecule has 0 radical (unpaired) electrons. The second-order valence-electron chi connectivity index (χ2n) is 7.87. The van der Waals surface area contributed by atoms with E-state index in [1.807, 2.05) is 6.07 Å². The topological polar surface area (TPSA) is 94.7 Å². The van der Waals surface area contributed by atoms with Crippen molar-refractivity contribution >= 4 is 15.9 Å². The largest absolute Gasteiger partial charge is 0.348 e. The van der Waals surface area contributed by atoms with Crippen LogP contribution in [0.15, 0.2) is 29.2 Å². The smallest absolute Gasteiger partial charge is 0.275 e. The minimum Gasteiger partial charge on any atom is -0.348 e. The van der Waals surface area contributed by atoms with Gasteiger partial charge in [0, 0.05) is 6.04 Å². The van der Waals surface area contributed by atoms with E-state index in [9.17, 15) is 18.5 Å². The zero-order valence-corrected chi connectivity index (χ0v) is 17.2. The Morgan fingerprint density at radius 2 is 1.93 bits per heavy atom. The van der Waals surface area contributed by atoms with Crippen molar-refractivity contribution < 1.29 is 18.1 Å². The first-order valence-corrected chi connectivity index (χ1v) is 11.5. The molecule has 2 atom stereocenters. The van der Waals surface area contributed by atoms with Crippen LogP contribution >= 0.6 is 0 Å². The van der Waals surface area contributed by atoms with Crippen LogP contribution in [0.4, 0.5) is 0 Å². The highest BCUT2D eigenvalue weighted by Crippen LogP contribution is 2.23. The number of quaternary nitrogens is 1. The predicted octanol–water partition coefficient (Wildman–Crippen LogP) is 0.142. The molecule has 1 saturated carbocycles. The number of amides is 1. The molecule has 2 aliphatic rings. The summed E-state index contributed by atoms with van der Waals surface area (Å²) in [7, 11) is -3.69. The van der Waals surface area contributed by atoms with E-state index in [0.29, 0.717) is 38.6 Å². The van der Waals surface area contributed by atoms with Gasteiger partial charge < -0.3 is 10.2 Å². The summed E-state index contributed by atoms with van der Waals surface area (Å²) in [6, 6.07) is 8.51. The quantitative estimate of drug-likeness (QED) is 0.729. The van der Waals surface area contributed by atoms with Crippen LogP contribution < -0.4 is 10.2 Å². The number of rotatable bonds is 5. The SMILES string of the molecule is C[C@@H]1CCCC[C@@H]1NC(=O)C[NH+]1CCN(S(=O)(=O)c2ccccc2C#N)CC1. The van der Waals surface area contributed by atoms with Crippen LogP contribution in [0.25, 0.3) is 0 Å². The van der Waals surface area contributed by atoms with Gasteiger partial charge in [-0.2, -0.15) is 9.57 Å². The number of benzene rings is 1. The Balaban J connectivity index is 1.54. The Labute approximate surface area is 167 Å². The lowest BCUT2D eigenvalue weighted by Crippen LogP contribution is -3.15. The van der Waals surface area contributed by atoms with E-state index < -0.39 is 10.0 Å². The molecule has 1 saturated heterocycles. The summed E-state index contributed by atoms with van der Waals surface area (Å²) < 4.78 is 27.2. The molecule has 2 N–H and O–H groups in total. The lowest BCUT2D eigenvalue weighted by atomic mass is 9.86. The van der Waals surface area contributed by atoms with E-state index in [-0.39, 0.29) is 22.4 Å². The average Bonchev–Trinajstić information content (AvgIpc) is 2.70. The Morgan fingerprint density at radius 1 is 1.25 bits per heavy atom. The predicted molar refractivity (Wildman–Crippen MR) is 105 cm³/mol. The summed E-state index contributed by atoms with van der Waals surface area (Å²) in [4.78, 5) is 13.6. The number of hydrogen-bond donors (Lipinski definition) is 2. The fourth-order valence-corrected chi connectivity index (χ4v) is 5.74. The molecule has 1 aromatic rings. The number of sulfonamides is 1. The first-order valence-electron chi connectivity index (χ1n) is 10.0. The lowest BCUT2D eigenvalue weighted by Gasteiger charge is -2.33. The third kappa shape index (κ3) is 4.72. The highest BCUT2D eigenvalue weighted by Gasteiger charge is 2.33. The normalized spacial score (nSPS) is 24.4. The lowest BCUT2D eigenvalue weighted by molar-refractivity contribution is -0.895. The second-order valence-corrected chi connectivity index (χ2v) is 9.78. The molecule has 1 aliphatic carbocycles. The molecule has 0 spiro atoms. The maximum Gasteiger partial charge on any atom is 0.275 e. The van der Waals surface area contributed by atoms with Gasteiger partial charge in [0.1, 0.15) is 6.07 Å². The number of nitrogens with one attached hydrogen (secondary N) is 2. The van der Waals surface area contributed by atoms with Gasteiger partial charge in [0.2, 0.25) is 10.0 Å². The summed E-state index contributed by atoms with van der Waals surface area (Å²) in [6.07, 6.45) is 4.62. The van der Waals surface area contributed by atoms with Crippen LogP contribution in [0.2, 0.25) is 0 Å². The molecule has 152 valence electrons. The number of hydrogen-bond acceptors (Lipinski definition) is 4. The average molecular weight is 406 g/mol. The van der Waals surface area contributed by atoms with Gasteiger partial charge in [-0.1, -0.05) is 31.9 Å². The molecule has 3 rings (SSSR count). The molecule has 0 bridgehead atoms. The highest BCUT2D eigenvalue weighted by molar-refractivity contribution is 7.89. The van der Waals surface area contributed by atoms with Gasteiger partial charge in [0.25, 0.3) is 5.91 Å². The monoisotopic (exact) mass is 405 g/mol. The molecule has 1 aliphatic heterocycles. The summed E-state index contributed by atoms with van der Waals surface area (Å²) in [5.41, 5.74) is 0.165. The van der Waals surface area contributed by atoms with Crippen molar-refractivity contribution in [3.05, 3.63) is 29.8 Å². The van der Waals surface area contributed by atoms with Crippen molar-refractivity contribution in [3.8, 4) is 6.07 Å². The van der Waals surface area contributed by atoms with E-state index in [1.54, 1.807) is 12.1 Å². The molecular formula is C20H29N4O3S+. The molecule has 0 unspecified atom stereocenters. The van der Waals surface area contributed by atoms with E-state index in [2.05, 4.69) is 12.2 Å². The molecule has 1 heterocycles. The summed E-state index contributed by atoms with van der Waals surface area (Å²) >= 11 is 0. The molecule has 1 aromatic carbocycles. The Hall–Kier alpha value is -1.95. The third-order valence-corrected chi connectivity index (χ3v) is 7.88. The summed E-state index contributed by atoms with van der Waals surface area (Å²) in [5.74, 6) is 0.578. The molecule has 8 heteroatoms. The first-order chi connectivity index (χ1) is 13.4. The molecule has 2 fully saturated rings. The fourth-order valence-electron chi connectivity index (χ4n) is 4.16. The summed E-state index contributed by atoms with van der Waals surface area (Å²) in [5, 5.41) is 12.4. The minimum absolute atomic E-state index is 0.0554. The second kappa shape index (κ2) is 9.03. The zero-order valence-electron chi connectivity index (χ0n) is 16.4. The van der Waals surface area contributed by atoms with Crippen molar-refractivity contribution in [3.63, 3.8) is 0 Å². The van der Waals surface area contributed by atoms with Crippen LogP contribution in [0, 0.1) is 17.2 Å². The van der Waals surface area contributed by atoms with Gasteiger partial charge in [0.15, 0.2) is 6.54 Å². The van der Waals surface area contributed by atoms with Crippen molar-refractivity contribution in [1.82, 2.24) is 9.62 Å². The maximum absolute atomic E-state index is 12.9. The van der Waals surface area contributed by atoms with Crippen LogP contribution in [0.5, 0.6) is 0 Å². The van der Waals surface area contributed by atoms with Crippen LogP contribution in [0.3, 0.4) is 0 Å². The van der Waals surface area contributed by atoms with Crippen LogP contribution in [-0.4, -0.2) is 57.4 Å². The molecular weight excluding hydrogens is 376 g/mol. The molecule has 1 amide bonds. The van der Waals surface area contributed by atoms with Crippen molar-refractivity contribution in [2.75, 3.05) is 32.7 Å². The Bertz CT molecular complexity index is 841. The number of piperazine rings is 1. The van der Waals surface area contributed by atoms with Crippen LogP contribution in [0.1, 0.15) is 38.2 Å². The molecule has 28 heavy (non-hydrogen) atoms. The standard InChI is InChI=1S/C20H28N4O3S/c1-16-6-2-4-8-18(16)22-20(25)15-23-10-12-24(13-11-23)28(26,27)19-9-5-3-7-17(19)14-21/h3,5,7,9,16,18H,2,4,6,8,10-13,15H2,1H3,(H,22,25)/p+1/t16-,18+/m1/s1. The maximum atomic E-state index is 12.9. The minimum atomic E-state index is -3.69. The van der Waals surface area contributed by atoms with Crippen molar-refractivity contribution in [2.24, 2.45) is 5.92 Å².